The Morgan fingerprint density at radius 1 is 1.22 bits per heavy atom. The van der Waals surface area contributed by atoms with Crippen molar-refractivity contribution in [3.8, 4) is 0 Å². The van der Waals surface area contributed by atoms with Gasteiger partial charge in [0.1, 0.15) is 0 Å². The van der Waals surface area contributed by atoms with Gasteiger partial charge in [0, 0.05) is 19.0 Å². The van der Waals surface area contributed by atoms with Crippen LogP contribution in [0.3, 0.4) is 0 Å². The molecule has 0 unspecified atom stereocenters. The van der Waals surface area contributed by atoms with Gasteiger partial charge in [-0.05, 0) is 35.3 Å². The van der Waals surface area contributed by atoms with Crippen LogP contribution in [0.25, 0.3) is 11.0 Å². The van der Waals surface area contributed by atoms with Crippen molar-refractivity contribution in [1.82, 2.24) is 10.3 Å². The zero-order valence-electron chi connectivity index (χ0n) is 13.5. The second-order valence-corrected chi connectivity index (χ2v) is 5.70. The number of amides is 1. The third-order valence-electron chi connectivity index (χ3n) is 4.36. The van der Waals surface area contributed by atoms with Gasteiger partial charge in [-0.2, -0.15) is 0 Å². The van der Waals surface area contributed by atoms with E-state index in [4.69, 9.17) is 9.37 Å². The van der Waals surface area contributed by atoms with E-state index < -0.39 is 0 Å². The van der Waals surface area contributed by atoms with E-state index in [1.54, 1.807) is 0 Å². The Morgan fingerprint density at radius 3 is 2.61 bits per heavy atom. The number of fused-ring (bicyclic) bond motifs is 1. The Kier molecular flexibility index (Phi) is 4.76. The number of carbonyl (C=O) groups excluding carboxylic acids is 1. The second-order valence-electron chi connectivity index (χ2n) is 5.70. The Labute approximate surface area is 134 Å². The molecule has 1 aliphatic heterocycles. The van der Waals surface area contributed by atoms with Gasteiger partial charge in [-0.25, -0.2) is 4.63 Å². The van der Waals surface area contributed by atoms with Crippen molar-refractivity contribution in [2.45, 2.75) is 26.7 Å². The monoisotopic (exact) mass is 318 g/mol. The van der Waals surface area contributed by atoms with Crippen LogP contribution in [0.15, 0.2) is 16.8 Å². The molecule has 1 fully saturated rings. The normalized spacial score (nSPS) is 15.3. The summed E-state index contributed by atoms with van der Waals surface area (Å²) < 4.78 is 10.3. The van der Waals surface area contributed by atoms with Crippen molar-refractivity contribution in [3.63, 3.8) is 0 Å². The molecule has 2 aromatic rings. The molecule has 7 nitrogen and oxygen atoms in total. The highest BCUT2D eigenvalue weighted by Gasteiger charge is 2.21. The van der Waals surface area contributed by atoms with E-state index in [0.29, 0.717) is 29.9 Å². The van der Waals surface area contributed by atoms with E-state index >= 15 is 0 Å². The topological polar surface area (TPSA) is 80.5 Å². The predicted octanol–water partition coefficient (Wildman–Crippen LogP) is 2.43. The number of ether oxygens (including phenoxy) is 1. The molecule has 1 saturated heterocycles. The Morgan fingerprint density at radius 2 is 1.91 bits per heavy atom. The minimum absolute atomic E-state index is 0.00355. The quantitative estimate of drug-likeness (QED) is 0.912. The van der Waals surface area contributed by atoms with E-state index in [-0.39, 0.29) is 11.8 Å². The SMILES string of the molecule is CCC(CC)C(=O)Nc1ccc(N2CCOCC2)c2nonc12. The molecule has 2 heterocycles. The summed E-state index contributed by atoms with van der Waals surface area (Å²) in [4.78, 5) is 14.5. The highest BCUT2D eigenvalue weighted by atomic mass is 16.6. The summed E-state index contributed by atoms with van der Waals surface area (Å²) in [6.45, 7) is 7.04. The van der Waals surface area contributed by atoms with Crippen LogP contribution in [-0.4, -0.2) is 42.5 Å². The van der Waals surface area contributed by atoms with Gasteiger partial charge in [0.25, 0.3) is 0 Å². The number of anilines is 2. The molecule has 1 amide bonds. The maximum Gasteiger partial charge on any atom is 0.227 e. The molecule has 0 aliphatic carbocycles. The van der Waals surface area contributed by atoms with Crippen molar-refractivity contribution in [3.05, 3.63) is 12.1 Å². The Bertz CT molecular complexity index is 675. The summed E-state index contributed by atoms with van der Waals surface area (Å²) in [5.41, 5.74) is 2.88. The molecule has 1 aromatic heterocycles. The van der Waals surface area contributed by atoms with Crippen LogP contribution in [0.1, 0.15) is 26.7 Å². The van der Waals surface area contributed by atoms with Gasteiger partial charge in [-0.15, -0.1) is 0 Å². The van der Waals surface area contributed by atoms with Crippen molar-refractivity contribution in [1.29, 1.82) is 0 Å². The summed E-state index contributed by atoms with van der Waals surface area (Å²) >= 11 is 0. The third-order valence-corrected chi connectivity index (χ3v) is 4.36. The molecule has 0 spiro atoms. The summed E-state index contributed by atoms with van der Waals surface area (Å²) in [6.07, 6.45) is 1.63. The number of nitrogens with one attached hydrogen (secondary N) is 1. The molecule has 7 heteroatoms. The van der Waals surface area contributed by atoms with E-state index in [9.17, 15) is 4.79 Å². The first-order valence-electron chi connectivity index (χ1n) is 8.13. The smallest absolute Gasteiger partial charge is 0.227 e. The maximum atomic E-state index is 12.3. The van der Waals surface area contributed by atoms with Gasteiger partial charge in [-0.1, -0.05) is 13.8 Å². The molecule has 3 rings (SSSR count). The van der Waals surface area contributed by atoms with Crippen molar-refractivity contribution in [2.75, 3.05) is 36.5 Å². The fourth-order valence-electron chi connectivity index (χ4n) is 2.91. The van der Waals surface area contributed by atoms with Gasteiger partial charge >= 0.3 is 0 Å². The van der Waals surface area contributed by atoms with Gasteiger partial charge in [-0.3, -0.25) is 4.79 Å². The summed E-state index contributed by atoms with van der Waals surface area (Å²) in [5.74, 6) is 0.0160. The summed E-state index contributed by atoms with van der Waals surface area (Å²) in [5, 5.41) is 11.0. The number of benzene rings is 1. The van der Waals surface area contributed by atoms with Gasteiger partial charge < -0.3 is 15.0 Å². The molecule has 1 aliphatic rings. The van der Waals surface area contributed by atoms with E-state index in [0.717, 1.165) is 31.6 Å². The van der Waals surface area contributed by atoms with Crippen LogP contribution in [0, 0.1) is 5.92 Å². The number of carbonyl (C=O) groups is 1. The van der Waals surface area contributed by atoms with E-state index in [2.05, 4.69) is 20.5 Å². The molecule has 23 heavy (non-hydrogen) atoms. The summed E-state index contributed by atoms with van der Waals surface area (Å²) in [7, 11) is 0. The average molecular weight is 318 g/mol. The van der Waals surface area contributed by atoms with Gasteiger partial charge in [0.2, 0.25) is 5.91 Å². The molecule has 1 aromatic carbocycles. The number of nitrogens with zero attached hydrogens (tertiary/aromatic N) is 3. The lowest BCUT2D eigenvalue weighted by Gasteiger charge is -2.28. The number of rotatable bonds is 5. The van der Waals surface area contributed by atoms with Crippen LogP contribution in [0.4, 0.5) is 11.4 Å². The molecule has 0 radical (unpaired) electrons. The van der Waals surface area contributed by atoms with E-state index in [1.165, 1.54) is 0 Å². The fraction of sp³-hybridized carbons (Fsp3) is 0.562. The third kappa shape index (κ3) is 3.14. The number of morpholine rings is 1. The lowest BCUT2D eigenvalue weighted by atomic mass is 10.0. The Balaban J connectivity index is 1.88. The van der Waals surface area contributed by atoms with Gasteiger partial charge in [0.05, 0.1) is 24.6 Å². The fourth-order valence-corrected chi connectivity index (χ4v) is 2.91. The number of hydrogen-bond acceptors (Lipinski definition) is 6. The number of aromatic nitrogens is 2. The highest BCUT2D eigenvalue weighted by Crippen LogP contribution is 2.30. The lowest BCUT2D eigenvalue weighted by Crippen LogP contribution is -2.36. The second kappa shape index (κ2) is 6.95. The Hall–Kier alpha value is -2.15. The van der Waals surface area contributed by atoms with Crippen molar-refractivity contribution < 1.29 is 14.2 Å². The van der Waals surface area contributed by atoms with Crippen LogP contribution in [0.5, 0.6) is 0 Å². The molecular weight excluding hydrogens is 296 g/mol. The van der Waals surface area contributed by atoms with Crippen molar-refractivity contribution >= 4 is 28.3 Å². The minimum Gasteiger partial charge on any atom is -0.378 e. The molecular formula is C16H22N4O3. The molecule has 0 atom stereocenters. The summed E-state index contributed by atoms with van der Waals surface area (Å²) in [6, 6.07) is 3.83. The first-order valence-corrected chi connectivity index (χ1v) is 8.13. The molecule has 0 saturated carbocycles. The zero-order chi connectivity index (χ0) is 16.2. The van der Waals surface area contributed by atoms with E-state index in [1.807, 2.05) is 26.0 Å². The lowest BCUT2D eigenvalue weighted by molar-refractivity contribution is -0.120. The molecule has 0 bridgehead atoms. The molecule has 124 valence electrons. The minimum atomic E-state index is 0.00355. The first-order chi connectivity index (χ1) is 11.2. The largest absolute Gasteiger partial charge is 0.378 e. The van der Waals surface area contributed by atoms with Crippen LogP contribution >= 0.6 is 0 Å². The molecule has 1 N–H and O–H groups in total. The van der Waals surface area contributed by atoms with Gasteiger partial charge in [0.15, 0.2) is 11.0 Å². The average Bonchev–Trinajstić information content (AvgIpc) is 3.07. The van der Waals surface area contributed by atoms with Crippen LogP contribution in [0.2, 0.25) is 0 Å². The van der Waals surface area contributed by atoms with Crippen LogP contribution < -0.4 is 10.2 Å². The maximum absolute atomic E-state index is 12.3. The van der Waals surface area contributed by atoms with Crippen LogP contribution in [-0.2, 0) is 9.53 Å². The standard InChI is InChI=1S/C16H22N4O3/c1-3-11(4-2)16(21)17-12-5-6-13(15-14(12)18-23-19-15)20-7-9-22-10-8-20/h5-6,11H,3-4,7-10H2,1-2H3,(H,17,21). The van der Waals surface area contributed by atoms with Crippen molar-refractivity contribution in [2.24, 2.45) is 5.92 Å². The first kappa shape index (κ1) is 15.7. The number of hydrogen-bond donors (Lipinski definition) is 1. The highest BCUT2D eigenvalue weighted by molar-refractivity contribution is 6.03. The zero-order valence-corrected chi connectivity index (χ0v) is 13.5. The predicted molar refractivity (Wildman–Crippen MR) is 87.5 cm³/mol.